The van der Waals surface area contributed by atoms with Gasteiger partial charge < -0.3 is 10.1 Å². The molecule has 0 radical (unpaired) electrons. The van der Waals surface area contributed by atoms with Crippen LogP contribution in [0, 0.1) is 6.92 Å². The van der Waals surface area contributed by atoms with Crippen LogP contribution in [0.25, 0.3) is 6.08 Å². The number of hydrogen-bond acceptors (Lipinski definition) is 3. The van der Waals surface area contributed by atoms with E-state index in [1.54, 1.807) is 30.3 Å². The van der Waals surface area contributed by atoms with E-state index in [4.69, 9.17) is 4.74 Å². The summed E-state index contributed by atoms with van der Waals surface area (Å²) >= 11 is 0. The molecule has 22 heavy (non-hydrogen) atoms. The summed E-state index contributed by atoms with van der Waals surface area (Å²) in [5.74, 6) is -0.409. The number of rotatable bonds is 4. The molecule has 1 N–H and O–H groups in total. The summed E-state index contributed by atoms with van der Waals surface area (Å²) in [6, 6.07) is 14.6. The van der Waals surface area contributed by atoms with Crippen LogP contribution in [0.2, 0.25) is 0 Å². The van der Waals surface area contributed by atoms with E-state index in [0.29, 0.717) is 11.4 Å². The maximum absolute atomic E-state index is 11.9. The Labute approximate surface area is 129 Å². The molecular formula is C18H17NO3. The van der Waals surface area contributed by atoms with Gasteiger partial charge in [0.25, 0.3) is 0 Å². The summed E-state index contributed by atoms with van der Waals surface area (Å²) in [6.07, 6.45) is 3.04. The second kappa shape index (κ2) is 7.22. The summed E-state index contributed by atoms with van der Waals surface area (Å²) in [4.78, 5) is 23.0. The first-order valence-electron chi connectivity index (χ1n) is 6.88. The molecule has 0 aliphatic heterocycles. The zero-order valence-electron chi connectivity index (χ0n) is 12.5. The number of hydrogen-bond donors (Lipinski definition) is 1. The van der Waals surface area contributed by atoms with Gasteiger partial charge in [-0.05, 0) is 30.7 Å². The van der Waals surface area contributed by atoms with Crippen LogP contribution in [0.15, 0.2) is 54.6 Å². The molecule has 2 aromatic carbocycles. The van der Waals surface area contributed by atoms with Crippen LogP contribution in [-0.2, 0) is 9.59 Å². The number of carbonyl (C=O) groups is 2. The van der Waals surface area contributed by atoms with Gasteiger partial charge in [-0.2, -0.15) is 0 Å². The van der Waals surface area contributed by atoms with Gasteiger partial charge >= 0.3 is 5.97 Å². The summed E-state index contributed by atoms with van der Waals surface area (Å²) < 4.78 is 5.25. The lowest BCUT2D eigenvalue weighted by Gasteiger charge is -2.08. The second-order valence-corrected chi connectivity index (χ2v) is 4.84. The number of para-hydroxylation sites is 2. The Kier molecular flexibility index (Phi) is 5.09. The zero-order chi connectivity index (χ0) is 15.9. The van der Waals surface area contributed by atoms with Gasteiger partial charge in [-0.25, -0.2) is 4.79 Å². The minimum absolute atomic E-state index is 0.223. The van der Waals surface area contributed by atoms with Crippen LogP contribution in [0.1, 0.15) is 18.1 Å². The van der Waals surface area contributed by atoms with E-state index in [2.05, 4.69) is 5.32 Å². The van der Waals surface area contributed by atoms with Gasteiger partial charge in [-0.1, -0.05) is 42.0 Å². The Morgan fingerprint density at radius 2 is 1.73 bits per heavy atom. The maximum Gasteiger partial charge on any atom is 0.336 e. The molecule has 0 saturated heterocycles. The van der Waals surface area contributed by atoms with Crippen LogP contribution in [-0.4, -0.2) is 11.9 Å². The van der Waals surface area contributed by atoms with Crippen LogP contribution >= 0.6 is 0 Å². The minimum Gasteiger partial charge on any atom is -0.421 e. The Hall–Kier alpha value is -2.88. The molecule has 2 aromatic rings. The highest BCUT2D eigenvalue weighted by Gasteiger charge is 2.07. The lowest BCUT2D eigenvalue weighted by molar-refractivity contribution is -0.129. The molecule has 0 fully saturated rings. The molecule has 0 aliphatic rings. The molecule has 0 aromatic heterocycles. The van der Waals surface area contributed by atoms with Crippen LogP contribution in [0.3, 0.4) is 0 Å². The first kappa shape index (κ1) is 15.5. The van der Waals surface area contributed by atoms with E-state index in [9.17, 15) is 9.59 Å². The van der Waals surface area contributed by atoms with Gasteiger partial charge in [0.1, 0.15) is 0 Å². The Balaban J connectivity index is 2.06. The molecule has 0 saturated carbocycles. The SMILES string of the molecule is CC(=O)Nc1ccccc1OC(=O)C=Cc1ccc(C)cc1. The van der Waals surface area contributed by atoms with E-state index < -0.39 is 5.97 Å². The fourth-order valence-electron chi connectivity index (χ4n) is 1.83. The average Bonchev–Trinajstić information content (AvgIpc) is 2.48. The number of anilines is 1. The molecule has 112 valence electrons. The smallest absolute Gasteiger partial charge is 0.336 e. The van der Waals surface area contributed by atoms with Crippen molar-refractivity contribution >= 4 is 23.6 Å². The molecule has 4 nitrogen and oxygen atoms in total. The fraction of sp³-hybridized carbons (Fsp3) is 0.111. The van der Waals surface area contributed by atoms with Crippen molar-refractivity contribution in [1.29, 1.82) is 0 Å². The monoisotopic (exact) mass is 295 g/mol. The predicted molar refractivity (Wildman–Crippen MR) is 86.6 cm³/mol. The molecule has 1 amide bonds. The van der Waals surface area contributed by atoms with Crippen molar-refractivity contribution < 1.29 is 14.3 Å². The quantitative estimate of drug-likeness (QED) is 0.533. The van der Waals surface area contributed by atoms with E-state index in [1.807, 2.05) is 31.2 Å². The van der Waals surface area contributed by atoms with Crippen molar-refractivity contribution in [2.75, 3.05) is 5.32 Å². The normalized spacial score (nSPS) is 10.5. The maximum atomic E-state index is 11.9. The molecule has 0 heterocycles. The summed E-state index contributed by atoms with van der Waals surface area (Å²) in [7, 11) is 0. The zero-order valence-corrected chi connectivity index (χ0v) is 12.5. The Morgan fingerprint density at radius 1 is 1.05 bits per heavy atom. The van der Waals surface area contributed by atoms with Crippen molar-refractivity contribution in [1.82, 2.24) is 0 Å². The van der Waals surface area contributed by atoms with Gasteiger partial charge in [-0.15, -0.1) is 0 Å². The third-order valence-electron chi connectivity index (χ3n) is 2.90. The fourth-order valence-corrected chi connectivity index (χ4v) is 1.83. The van der Waals surface area contributed by atoms with Crippen molar-refractivity contribution in [2.45, 2.75) is 13.8 Å². The highest BCUT2D eigenvalue weighted by molar-refractivity contribution is 5.93. The summed E-state index contributed by atoms with van der Waals surface area (Å²) in [5, 5.41) is 2.62. The van der Waals surface area contributed by atoms with Crippen LogP contribution in [0.4, 0.5) is 5.69 Å². The Morgan fingerprint density at radius 3 is 2.41 bits per heavy atom. The molecule has 2 rings (SSSR count). The molecule has 0 unspecified atom stereocenters. The first-order valence-corrected chi connectivity index (χ1v) is 6.88. The summed E-state index contributed by atoms with van der Waals surface area (Å²) in [5.41, 5.74) is 2.54. The molecule has 0 atom stereocenters. The van der Waals surface area contributed by atoms with E-state index >= 15 is 0 Å². The van der Waals surface area contributed by atoms with Gasteiger partial charge in [0, 0.05) is 13.0 Å². The van der Waals surface area contributed by atoms with Crippen molar-refractivity contribution in [2.24, 2.45) is 0 Å². The molecular weight excluding hydrogens is 278 g/mol. The number of carbonyl (C=O) groups excluding carboxylic acids is 2. The minimum atomic E-state index is -0.502. The number of nitrogens with one attached hydrogen (secondary N) is 1. The molecule has 0 bridgehead atoms. The lowest BCUT2D eigenvalue weighted by Crippen LogP contribution is -2.10. The van der Waals surface area contributed by atoms with Crippen LogP contribution < -0.4 is 10.1 Å². The second-order valence-electron chi connectivity index (χ2n) is 4.84. The molecule has 4 heteroatoms. The number of ether oxygens (including phenoxy) is 1. The number of esters is 1. The summed E-state index contributed by atoms with van der Waals surface area (Å²) in [6.45, 7) is 3.40. The third kappa shape index (κ3) is 4.59. The van der Waals surface area contributed by atoms with Gasteiger partial charge in [0.05, 0.1) is 5.69 Å². The topological polar surface area (TPSA) is 55.4 Å². The predicted octanol–water partition coefficient (Wildman–Crippen LogP) is 3.57. The van der Waals surface area contributed by atoms with Gasteiger partial charge in [0.15, 0.2) is 5.75 Å². The number of aryl methyl sites for hydroxylation is 1. The molecule has 0 spiro atoms. The molecule has 0 aliphatic carbocycles. The van der Waals surface area contributed by atoms with Crippen molar-refractivity contribution in [3.8, 4) is 5.75 Å². The third-order valence-corrected chi connectivity index (χ3v) is 2.90. The van der Waals surface area contributed by atoms with E-state index in [1.165, 1.54) is 13.0 Å². The first-order chi connectivity index (χ1) is 10.5. The van der Waals surface area contributed by atoms with E-state index in [-0.39, 0.29) is 5.91 Å². The van der Waals surface area contributed by atoms with Gasteiger partial charge in [0.2, 0.25) is 5.91 Å². The Bertz CT molecular complexity index is 703. The number of benzene rings is 2. The van der Waals surface area contributed by atoms with Crippen LogP contribution in [0.5, 0.6) is 5.75 Å². The lowest BCUT2D eigenvalue weighted by atomic mass is 10.1. The number of amides is 1. The highest BCUT2D eigenvalue weighted by Crippen LogP contribution is 2.23. The van der Waals surface area contributed by atoms with Crippen molar-refractivity contribution in [3.05, 3.63) is 65.7 Å². The van der Waals surface area contributed by atoms with Gasteiger partial charge in [-0.3, -0.25) is 4.79 Å². The standard InChI is InChI=1S/C18H17NO3/c1-13-7-9-15(10-8-13)11-12-18(21)22-17-6-4-3-5-16(17)19-14(2)20/h3-12H,1-2H3,(H,19,20). The highest BCUT2D eigenvalue weighted by atomic mass is 16.5. The average molecular weight is 295 g/mol. The van der Waals surface area contributed by atoms with E-state index in [0.717, 1.165) is 11.1 Å². The largest absolute Gasteiger partial charge is 0.421 e. The van der Waals surface area contributed by atoms with Crippen molar-refractivity contribution in [3.63, 3.8) is 0 Å².